The Hall–Kier alpha value is -1.11. The van der Waals surface area contributed by atoms with Gasteiger partial charge in [-0.15, -0.1) is 0 Å². The SMILES string of the molecule is Cc1ccccc1N1CCC(O)(CN(C)[C@@]2(C)CCS(=O)(=O)C2)CC1. The predicted octanol–water partition coefficient (Wildman–Crippen LogP) is 1.84. The molecule has 1 aromatic rings. The lowest BCUT2D eigenvalue weighted by atomic mass is 9.88. The number of β-amino-alcohol motifs (C(OH)–C–C–N with tert-alkyl or cyclic N) is 1. The van der Waals surface area contributed by atoms with E-state index in [0.29, 0.717) is 25.8 Å². The van der Waals surface area contributed by atoms with Crippen molar-refractivity contribution in [3.8, 4) is 0 Å². The van der Waals surface area contributed by atoms with Crippen molar-refractivity contribution < 1.29 is 13.5 Å². The van der Waals surface area contributed by atoms with Gasteiger partial charge in [0.1, 0.15) is 0 Å². The number of likely N-dealkylation sites (N-methyl/N-ethyl adjacent to an activating group) is 1. The molecule has 1 atom stereocenters. The first-order chi connectivity index (χ1) is 11.6. The first-order valence-corrected chi connectivity index (χ1v) is 10.9. The summed E-state index contributed by atoms with van der Waals surface area (Å²) in [6.45, 7) is 6.30. The summed E-state index contributed by atoms with van der Waals surface area (Å²) in [5, 5.41) is 11.1. The number of hydrogen-bond acceptors (Lipinski definition) is 5. The van der Waals surface area contributed by atoms with Gasteiger partial charge < -0.3 is 10.0 Å². The second-order valence-electron chi connectivity index (χ2n) is 8.19. The van der Waals surface area contributed by atoms with Crippen LogP contribution in [0.5, 0.6) is 0 Å². The van der Waals surface area contributed by atoms with Crippen LogP contribution in [0, 0.1) is 6.92 Å². The van der Waals surface area contributed by atoms with E-state index in [9.17, 15) is 13.5 Å². The third-order valence-corrected chi connectivity index (χ3v) is 7.97. The highest BCUT2D eigenvalue weighted by atomic mass is 32.2. The molecule has 6 heteroatoms. The van der Waals surface area contributed by atoms with Crippen molar-refractivity contribution >= 4 is 15.5 Å². The number of para-hydroxylation sites is 1. The summed E-state index contributed by atoms with van der Waals surface area (Å²) in [7, 11) is -0.990. The highest BCUT2D eigenvalue weighted by Gasteiger charge is 2.44. The van der Waals surface area contributed by atoms with E-state index in [0.717, 1.165) is 13.1 Å². The topological polar surface area (TPSA) is 60.9 Å². The third kappa shape index (κ3) is 4.01. The van der Waals surface area contributed by atoms with Crippen LogP contribution in [0.3, 0.4) is 0 Å². The van der Waals surface area contributed by atoms with Crippen LogP contribution < -0.4 is 4.90 Å². The Morgan fingerprint density at radius 1 is 1.20 bits per heavy atom. The summed E-state index contributed by atoms with van der Waals surface area (Å²) in [4.78, 5) is 4.41. The van der Waals surface area contributed by atoms with Crippen molar-refractivity contribution in [1.29, 1.82) is 0 Å². The van der Waals surface area contributed by atoms with Crippen molar-refractivity contribution in [3.05, 3.63) is 29.8 Å². The van der Waals surface area contributed by atoms with Gasteiger partial charge in [-0.1, -0.05) is 18.2 Å². The number of nitrogens with zero attached hydrogens (tertiary/aromatic N) is 2. The maximum Gasteiger partial charge on any atom is 0.152 e. The Bertz CT molecular complexity index is 726. The zero-order valence-corrected chi connectivity index (χ0v) is 16.3. The van der Waals surface area contributed by atoms with E-state index in [4.69, 9.17) is 0 Å². The smallest absolute Gasteiger partial charge is 0.152 e. The molecule has 2 heterocycles. The van der Waals surface area contributed by atoms with Crippen LogP contribution in [-0.4, -0.2) is 67.8 Å². The molecule has 0 bridgehead atoms. The molecule has 0 amide bonds. The van der Waals surface area contributed by atoms with E-state index >= 15 is 0 Å². The van der Waals surface area contributed by atoms with Crippen molar-refractivity contribution in [2.24, 2.45) is 0 Å². The lowest BCUT2D eigenvalue weighted by molar-refractivity contribution is -0.0312. The number of sulfone groups is 1. The van der Waals surface area contributed by atoms with Crippen LogP contribution in [0.25, 0.3) is 0 Å². The number of anilines is 1. The van der Waals surface area contributed by atoms with Crippen molar-refractivity contribution in [2.75, 3.05) is 43.1 Å². The Kier molecular flexibility index (Phi) is 4.90. The van der Waals surface area contributed by atoms with Crippen LogP contribution in [0.4, 0.5) is 5.69 Å². The van der Waals surface area contributed by atoms with E-state index < -0.39 is 15.4 Å². The van der Waals surface area contributed by atoms with Gasteiger partial charge in [0.2, 0.25) is 0 Å². The van der Waals surface area contributed by atoms with E-state index in [1.165, 1.54) is 11.3 Å². The van der Waals surface area contributed by atoms with E-state index in [1.807, 2.05) is 20.0 Å². The maximum atomic E-state index is 11.9. The molecule has 25 heavy (non-hydrogen) atoms. The molecule has 2 fully saturated rings. The number of aryl methyl sites for hydroxylation is 1. The third-order valence-electron chi connectivity index (χ3n) is 6.09. The van der Waals surface area contributed by atoms with E-state index in [-0.39, 0.29) is 17.0 Å². The maximum absolute atomic E-state index is 11.9. The summed E-state index contributed by atoms with van der Waals surface area (Å²) in [6.07, 6.45) is 2.06. The minimum Gasteiger partial charge on any atom is -0.388 e. The average Bonchev–Trinajstić information content (AvgIpc) is 2.83. The summed E-state index contributed by atoms with van der Waals surface area (Å²) in [6, 6.07) is 8.35. The Balaban J connectivity index is 1.62. The fraction of sp³-hybridized carbons (Fsp3) is 0.684. The molecular weight excluding hydrogens is 336 g/mol. The molecule has 0 aliphatic carbocycles. The lowest BCUT2D eigenvalue weighted by Gasteiger charge is -2.45. The average molecular weight is 367 g/mol. The van der Waals surface area contributed by atoms with Gasteiger partial charge in [-0.25, -0.2) is 8.42 Å². The first kappa shape index (κ1) is 18.7. The summed E-state index contributed by atoms with van der Waals surface area (Å²) in [5.74, 6) is 0.454. The fourth-order valence-corrected chi connectivity index (χ4v) is 6.37. The zero-order valence-electron chi connectivity index (χ0n) is 15.5. The quantitative estimate of drug-likeness (QED) is 0.881. The monoisotopic (exact) mass is 366 g/mol. The Morgan fingerprint density at radius 3 is 2.40 bits per heavy atom. The van der Waals surface area contributed by atoms with Gasteiger partial charge in [0.15, 0.2) is 9.84 Å². The zero-order chi connectivity index (χ0) is 18.3. The normalized spacial score (nSPS) is 28.4. The second kappa shape index (κ2) is 6.56. The molecule has 2 aliphatic rings. The molecule has 0 unspecified atom stereocenters. The first-order valence-electron chi connectivity index (χ1n) is 9.07. The molecule has 2 saturated heterocycles. The molecule has 5 nitrogen and oxygen atoms in total. The van der Waals surface area contributed by atoms with Crippen molar-refractivity contribution in [1.82, 2.24) is 4.90 Å². The number of hydrogen-bond donors (Lipinski definition) is 1. The minimum absolute atomic E-state index is 0.196. The molecule has 1 N–H and O–H groups in total. The summed E-state index contributed by atoms with van der Waals surface area (Å²) >= 11 is 0. The fourth-order valence-electron chi connectivity index (χ4n) is 4.17. The lowest BCUT2D eigenvalue weighted by Crippen LogP contribution is -2.55. The predicted molar refractivity (Wildman–Crippen MR) is 102 cm³/mol. The standard InChI is InChI=1S/C19H30N2O3S/c1-16-6-4-5-7-17(16)21-11-8-19(22,9-12-21)14-20(3)18(2)10-13-25(23,24)15-18/h4-7,22H,8-15H2,1-3H3/t18-/m0/s1. The van der Waals surface area contributed by atoms with E-state index in [1.54, 1.807) is 0 Å². The molecule has 2 aliphatic heterocycles. The van der Waals surface area contributed by atoms with Crippen molar-refractivity contribution in [3.63, 3.8) is 0 Å². The van der Waals surface area contributed by atoms with Gasteiger partial charge >= 0.3 is 0 Å². The van der Waals surface area contributed by atoms with Gasteiger partial charge in [0.25, 0.3) is 0 Å². The van der Waals surface area contributed by atoms with Crippen LogP contribution in [0.1, 0.15) is 31.7 Å². The van der Waals surface area contributed by atoms with Crippen molar-refractivity contribution in [2.45, 2.75) is 44.2 Å². The van der Waals surface area contributed by atoms with Gasteiger partial charge in [-0.2, -0.15) is 0 Å². The molecular formula is C19H30N2O3S. The van der Waals surface area contributed by atoms with Crippen LogP contribution in [0.15, 0.2) is 24.3 Å². The van der Waals surface area contributed by atoms with Gasteiger partial charge in [-0.05, 0) is 51.8 Å². The van der Waals surface area contributed by atoms with Crippen LogP contribution in [0.2, 0.25) is 0 Å². The molecule has 3 rings (SSSR count). The molecule has 0 aromatic heterocycles. The molecule has 0 spiro atoms. The van der Waals surface area contributed by atoms with Crippen LogP contribution >= 0.6 is 0 Å². The number of piperidine rings is 1. The van der Waals surface area contributed by atoms with Gasteiger partial charge in [-0.3, -0.25) is 4.90 Å². The Morgan fingerprint density at radius 2 is 1.84 bits per heavy atom. The number of rotatable bonds is 4. The molecule has 0 saturated carbocycles. The second-order valence-corrected chi connectivity index (χ2v) is 10.4. The Labute approximate surface area is 151 Å². The number of benzene rings is 1. The minimum atomic E-state index is -2.94. The van der Waals surface area contributed by atoms with Gasteiger partial charge in [0, 0.05) is 30.9 Å². The van der Waals surface area contributed by atoms with Crippen LogP contribution in [-0.2, 0) is 9.84 Å². The summed E-state index contributed by atoms with van der Waals surface area (Å²) in [5.41, 5.74) is 1.39. The van der Waals surface area contributed by atoms with Gasteiger partial charge in [0.05, 0.1) is 17.1 Å². The largest absolute Gasteiger partial charge is 0.388 e. The number of aliphatic hydroxyl groups is 1. The highest BCUT2D eigenvalue weighted by Crippen LogP contribution is 2.33. The summed E-state index contributed by atoms with van der Waals surface area (Å²) < 4.78 is 23.7. The highest BCUT2D eigenvalue weighted by molar-refractivity contribution is 7.91. The molecule has 140 valence electrons. The van der Waals surface area contributed by atoms with E-state index in [2.05, 4.69) is 34.9 Å². The molecule has 1 aromatic carbocycles. The molecule has 0 radical (unpaired) electrons.